The first kappa shape index (κ1) is 42.7. The van der Waals surface area contributed by atoms with E-state index in [1.54, 1.807) is 6.92 Å². The molecule has 2 N–H and O–H groups in total. The highest BCUT2D eigenvalue weighted by atomic mass is 16.3. The van der Waals surface area contributed by atoms with Gasteiger partial charge in [0, 0.05) is 19.4 Å². The van der Waals surface area contributed by atoms with E-state index < -0.39 is 5.54 Å². The van der Waals surface area contributed by atoms with Crippen LogP contribution in [0.1, 0.15) is 201 Å². The van der Waals surface area contributed by atoms with Crippen molar-refractivity contribution in [3.05, 3.63) is 24.3 Å². The number of hydrogen-bond acceptors (Lipinski definition) is 4. The lowest BCUT2D eigenvalue weighted by molar-refractivity contribution is -0.135. The molecule has 0 aromatic rings. The van der Waals surface area contributed by atoms with Crippen LogP contribution in [0, 0.1) is 0 Å². The average molecular weight is 618 g/mol. The minimum absolute atomic E-state index is 0.0127. The summed E-state index contributed by atoms with van der Waals surface area (Å²) in [6.07, 6.45) is 42.1. The molecule has 0 amide bonds. The number of ketones is 2. The van der Waals surface area contributed by atoms with E-state index in [2.05, 4.69) is 43.5 Å². The summed E-state index contributed by atoms with van der Waals surface area (Å²) in [7, 11) is 0. The molecule has 0 rings (SSSR count). The fourth-order valence-electron chi connectivity index (χ4n) is 5.87. The number of hydrogen-bond donors (Lipinski definition) is 2. The highest BCUT2D eigenvalue weighted by Crippen LogP contribution is 2.19. The van der Waals surface area contributed by atoms with Crippen molar-refractivity contribution in [2.75, 3.05) is 13.2 Å². The first-order chi connectivity index (χ1) is 21.5. The van der Waals surface area contributed by atoms with E-state index in [-0.39, 0.29) is 24.7 Å². The number of aliphatic hydroxyl groups is 1. The number of allylic oxidation sites excluding steroid dienone is 4. The van der Waals surface area contributed by atoms with Gasteiger partial charge in [0.2, 0.25) is 0 Å². The van der Waals surface area contributed by atoms with Crippen molar-refractivity contribution < 1.29 is 14.7 Å². The van der Waals surface area contributed by atoms with Crippen LogP contribution in [0.4, 0.5) is 0 Å². The Morgan fingerprint density at radius 3 is 1.11 bits per heavy atom. The van der Waals surface area contributed by atoms with E-state index in [0.29, 0.717) is 12.8 Å². The molecule has 258 valence electrons. The number of nitrogens with one attached hydrogen (secondary N) is 1. The lowest BCUT2D eigenvalue weighted by Crippen LogP contribution is -2.56. The van der Waals surface area contributed by atoms with Gasteiger partial charge in [-0.1, -0.05) is 141 Å². The van der Waals surface area contributed by atoms with Gasteiger partial charge in [0.1, 0.15) is 5.54 Å². The number of rotatable bonds is 35. The van der Waals surface area contributed by atoms with Crippen LogP contribution in [-0.4, -0.2) is 35.4 Å². The summed E-state index contributed by atoms with van der Waals surface area (Å²) in [5.74, 6) is -0.0253. The second-order valence-corrected chi connectivity index (χ2v) is 13.3. The molecule has 0 aliphatic rings. The van der Waals surface area contributed by atoms with Crippen molar-refractivity contribution in [2.45, 2.75) is 206 Å². The Bertz CT molecular complexity index is 647. The maximum absolute atomic E-state index is 13.1. The van der Waals surface area contributed by atoms with Crippen molar-refractivity contribution in [3.63, 3.8) is 0 Å². The van der Waals surface area contributed by atoms with Crippen LogP contribution in [0.15, 0.2) is 24.3 Å². The molecule has 4 nitrogen and oxygen atoms in total. The van der Waals surface area contributed by atoms with Gasteiger partial charge in [0.05, 0.1) is 6.61 Å². The third-order valence-electron chi connectivity index (χ3n) is 9.04. The summed E-state index contributed by atoms with van der Waals surface area (Å²) >= 11 is 0. The van der Waals surface area contributed by atoms with Crippen LogP contribution < -0.4 is 5.32 Å². The molecule has 44 heavy (non-hydrogen) atoms. The summed E-state index contributed by atoms with van der Waals surface area (Å²) in [6, 6.07) is 0. The smallest absolute Gasteiger partial charge is 0.160 e. The second-order valence-electron chi connectivity index (χ2n) is 13.3. The van der Waals surface area contributed by atoms with E-state index in [1.807, 2.05) is 0 Å². The monoisotopic (exact) mass is 618 g/mol. The Morgan fingerprint density at radius 1 is 0.500 bits per heavy atom. The van der Waals surface area contributed by atoms with E-state index in [9.17, 15) is 14.7 Å². The maximum atomic E-state index is 13.1. The Labute approximate surface area is 274 Å². The molecule has 0 aromatic carbocycles. The van der Waals surface area contributed by atoms with Gasteiger partial charge in [-0.25, -0.2) is 0 Å². The zero-order valence-electron chi connectivity index (χ0n) is 29.8. The molecule has 0 bridgehead atoms. The Balaban J connectivity index is 3.98. The van der Waals surface area contributed by atoms with Crippen LogP contribution in [0.5, 0.6) is 0 Å². The zero-order valence-corrected chi connectivity index (χ0v) is 29.8. The molecule has 0 heterocycles. The van der Waals surface area contributed by atoms with E-state index in [0.717, 1.165) is 51.4 Å². The van der Waals surface area contributed by atoms with Gasteiger partial charge >= 0.3 is 0 Å². The molecule has 0 aliphatic carbocycles. The van der Waals surface area contributed by atoms with Crippen LogP contribution in [0.2, 0.25) is 0 Å². The van der Waals surface area contributed by atoms with Gasteiger partial charge in [-0.3, -0.25) is 14.9 Å². The van der Waals surface area contributed by atoms with Crippen LogP contribution in [0.25, 0.3) is 0 Å². The second kappa shape index (κ2) is 33.1. The Morgan fingerprint density at radius 2 is 0.795 bits per heavy atom. The fourth-order valence-corrected chi connectivity index (χ4v) is 5.87. The summed E-state index contributed by atoms with van der Waals surface area (Å²) in [6.45, 7) is 6.47. The van der Waals surface area contributed by atoms with Gasteiger partial charge in [-0.2, -0.15) is 0 Å². The van der Waals surface area contributed by atoms with Gasteiger partial charge in [0.15, 0.2) is 11.6 Å². The minimum atomic E-state index is -1.16. The number of Topliss-reactive ketones (excluding diaryl/α,β-unsaturated/α-hetero) is 2. The zero-order chi connectivity index (χ0) is 32.4. The van der Waals surface area contributed by atoms with Crippen LogP contribution in [-0.2, 0) is 9.59 Å². The number of β-amino-alcohol motifs (C(OH)–C–C–N with tert-alkyl or cyclic N) is 1. The molecule has 0 radical (unpaired) electrons. The van der Waals surface area contributed by atoms with Crippen molar-refractivity contribution in [1.82, 2.24) is 5.32 Å². The number of carbonyl (C=O) groups excluding carboxylic acids is 2. The molecule has 0 aromatic heterocycles. The van der Waals surface area contributed by atoms with Gasteiger partial charge < -0.3 is 5.11 Å². The molecule has 0 fully saturated rings. The highest BCUT2D eigenvalue weighted by Gasteiger charge is 2.38. The summed E-state index contributed by atoms with van der Waals surface area (Å²) < 4.78 is 0. The third-order valence-corrected chi connectivity index (χ3v) is 9.04. The lowest BCUT2D eigenvalue weighted by atomic mass is 9.85. The van der Waals surface area contributed by atoms with Crippen molar-refractivity contribution in [1.29, 1.82) is 0 Å². The van der Waals surface area contributed by atoms with Gasteiger partial charge in [0.25, 0.3) is 0 Å². The topological polar surface area (TPSA) is 66.4 Å². The van der Waals surface area contributed by atoms with E-state index in [1.165, 1.54) is 116 Å². The predicted octanol–water partition coefficient (Wildman–Crippen LogP) is 11.5. The fraction of sp³-hybridized carbons (Fsp3) is 0.850. The molecule has 0 atom stereocenters. The first-order valence-electron chi connectivity index (χ1n) is 19.2. The van der Waals surface area contributed by atoms with Crippen molar-refractivity contribution in [3.8, 4) is 0 Å². The highest BCUT2D eigenvalue weighted by molar-refractivity contribution is 6.11. The molecule has 4 heteroatoms. The number of carbonyl (C=O) groups is 2. The molecule has 0 saturated carbocycles. The molecular weight excluding hydrogens is 542 g/mol. The standard InChI is InChI=1S/C40H75NO3/c1-4-6-8-10-12-14-16-18-20-22-24-26-28-30-32-34-38(43)40(3,41-36-37-42)39(44)35-33-31-29-27-25-23-21-19-17-15-13-11-9-7-5-2/h18-21,41-42H,4-17,22-37H2,1-3H3. The molecule has 0 spiro atoms. The quantitative estimate of drug-likeness (QED) is 0.0422. The number of aliphatic hydroxyl groups excluding tert-OH is 1. The van der Waals surface area contributed by atoms with Gasteiger partial charge in [-0.05, 0) is 71.1 Å². The lowest BCUT2D eigenvalue weighted by Gasteiger charge is -2.28. The van der Waals surface area contributed by atoms with Crippen LogP contribution >= 0.6 is 0 Å². The molecule has 0 saturated heterocycles. The number of unbranched alkanes of at least 4 members (excludes halogenated alkanes) is 22. The van der Waals surface area contributed by atoms with Gasteiger partial charge in [-0.15, -0.1) is 0 Å². The summed E-state index contributed by atoms with van der Waals surface area (Å²) in [5.41, 5.74) is -1.16. The third kappa shape index (κ3) is 26.0. The van der Waals surface area contributed by atoms with Crippen molar-refractivity contribution >= 4 is 11.6 Å². The molecule has 0 unspecified atom stereocenters. The average Bonchev–Trinajstić information content (AvgIpc) is 3.03. The predicted molar refractivity (Wildman–Crippen MR) is 192 cm³/mol. The summed E-state index contributed by atoms with van der Waals surface area (Å²) in [5, 5.41) is 12.4. The summed E-state index contributed by atoms with van der Waals surface area (Å²) in [4.78, 5) is 26.3. The normalized spacial score (nSPS) is 13.3. The maximum Gasteiger partial charge on any atom is 0.160 e. The van der Waals surface area contributed by atoms with E-state index >= 15 is 0 Å². The first-order valence-corrected chi connectivity index (χ1v) is 19.2. The molecular formula is C40H75NO3. The van der Waals surface area contributed by atoms with Crippen molar-refractivity contribution in [2.24, 2.45) is 0 Å². The SMILES string of the molecule is CCCCCCCCC=CCCCCCCCC(=O)C(C)(NCCO)C(=O)CCCCCCCC=CCCCCCCCC. The van der Waals surface area contributed by atoms with E-state index in [4.69, 9.17) is 0 Å². The molecule has 0 aliphatic heterocycles. The Hall–Kier alpha value is -1.26. The van der Waals surface area contributed by atoms with Crippen LogP contribution in [0.3, 0.4) is 0 Å². The Kier molecular flexibility index (Phi) is 32.2. The largest absolute Gasteiger partial charge is 0.395 e. The minimum Gasteiger partial charge on any atom is -0.395 e.